The Morgan fingerprint density at radius 3 is 2.26 bits per heavy atom. The van der Waals surface area contributed by atoms with Crippen LogP contribution in [-0.4, -0.2) is 24.0 Å². The maximum atomic E-state index is 12.1. The Morgan fingerprint density at radius 1 is 1.04 bits per heavy atom. The predicted molar refractivity (Wildman–Crippen MR) is 80.6 cm³/mol. The Balaban J connectivity index is 2.21. The van der Waals surface area contributed by atoms with Gasteiger partial charge in [0.25, 0.3) is 5.69 Å². The molecule has 0 aliphatic carbocycles. The van der Waals surface area contributed by atoms with Crippen molar-refractivity contribution < 1.29 is 24.0 Å². The molecule has 0 atom stereocenters. The van der Waals surface area contributed by atoms with Crippen molar-refractivity contribution in [2.45, 2.75) is 6.92 Å². The van der Waals surface area contributed by atoms with Crippen molar-refractivity contribution in [3.8, 4) is 5.75 Å². The van der Waals surface area contributed by atoms with Gasteiger partial charge < -0.3 is 9.47 Å². The minimum atomic E-state index is -0.711. The van der Waals surface area contributed by atoms with Crippen LogP contribution >= 0.6 is 0 Å². The Bertz CT molecular complexity index is 767. The van der Waals surface area contributed by atoms with E-state index in [2.05, 4.69) is 4.74 Å². The number of hydrogen-bond donors (Lipinski definition) is 0. The zero-order chi connectivity index (χ0) is 17.0. The molecule has 2 rings (SSSR count). The quantitative estimate of drug-likeness (QED) is 0.372. The van der Waals surface area contributed by atoms with Crippen LogP contribution in [0.4, 0.5) is 5.69 Å². The van der Waals surface area contributed by atoms with Gasteiger partial charge in [0.1, 0.15) is 5.75 Å². The van der Waals surface area contributed by atoms with E-state index in [0.29, 0.717) is 5.56 Å². The number of nitro benzene ring substituents is 1. The minimum absolute atomic E-state index is 0.108. The van der Waals surface area contributed by atoms with E-state index in [9.17, 15) is 19.7 Å². The summed E-state index contributed by atoms with van der Waals surface area (Å²) in [7, 11) is 1.27. The standard InChI is InChI=1S/C16H13NO6/c1-10-13(4-3-5-14(10)17(20)21)16(19)23-12-8-6-11(7-9-12)15(18)22-2/h3-9H,1-2H3. The highest BCUT2D eigenvalue weighted by Gasteiger charge is 2.19. The summed E-state index contributed by atoms with van der Waals surface area (Å²) >= 11 is 0. The summed E-state index contributed by atoms with van der Waals surface area (Å²) in [4.78, 5) is 33.8. The predicted octanol–water partition coefficient (Wildman–Crippen LogP) is 2.91. The second-order valence-corrected chi connectivity index (χ2v) is 4.61. The van der Waals surface area contributed by atoms with Crippen LogP contribution in [0.25, 0.3) is 0 Å². The largest absolute Gasteiger partial charge is 0.465 e. The lowest BCUT2D eigenvalue weighted by atomic mass is 10.1. The van der Waals surface area contributed by atoms with Crippen LogP contribution in [0.2, 0.25) is 0 Å². The number of carbonyl (C=O) groups is 2. The molecule has 23 heavy (non-hydrogen) atoms. The molecule has 0 aromatic heterocycles. The van der Waals surface area contributed by atoms with Crippen LogP contribution in [0.5, 0.6) is 5.75 Å². The zero-order valence-corrected chi connectivity index (χ0v) is 12.4. The van der Waals surface area contributed by atoms with Crippen LogP contribution in [-0.2, 0) is 4.74 Å². The molecule has 0 heterocycles. The molecular formula is C16H13NO6. The van der Waals surface area contributed by atoms with E-state index >= 15 is 0 Å². The molecule has 0 radical (unpaired) electrons. The van der Waals surface area contributed by atoms with Crippen molar-refractivity contribution in [3.63, 3.8) is 0 Å². The SMILES string of the molecule is COC(=O)c1ccc(OC(=O)c2cccc([N+](=O)[O-])c2C)cc1. The van der Waals surface area contributed by atoms with Gasteiger partial charge in [-0.05, 0) is 37.3 Å². The molecular weight excluding hydrogens is 302 g/mol. The number of methoxy groups -OCH3 is 1. The Kier molecular flexibility index (Phi) is 4.70. The molecule has 118 valence electrons. The van der Waals surface area contributed by atoms with E-state index in [1.165, 1.54) is 56.5 Å². The third-order valence-corrected chi connectivity index (χ3v) is 3.21. The fraction of sp³-hybridized carbons (Fsp3) is 0.125. The Labute approximate surface area is 131 Å². The van der Waals surface area contributed by atoms with Crippen molar-refractivity contribution in [1.82, 2.24) is 0 Å². The first kappa shape index (κ1) is 16.2. The molecule has 0 unspecified atom stereocenters. The fourth-order valence-electron chi connectivity index (χ4n) is 1.98. The summed E-state index contributed by atoms with van der Waals surface area (Å²) in [5, 5.41) is 10.9. The first-order valence-electron chi connectivity index (χ1n) is 6.58. The van der Waals surface area contributed by atoms with Gasteiger partial charge in [-0.25, -0.2) is 9.59 Å². The first-order valence-corrected chi connectivity index (χ1v) is 6.58. The van der Waals surface area contributed by atoms with Crippen LogP contribution in [0.3, 0.4) is 0 Å². The average Bonchev–Trinajstić information content (AvgIpc) is 2.54. The highest BCUT2D eigenvalue weighted by atomic mass is 16.6. The zero-order valence-electron chi connectivity index (χ0n) is 12.4. The van der Waals surface area contributed by atoms with Gasteiger partial charge in [0.2, 0.25) is 0 Å². The lowest BCUT2D eigenvalue weighted by molar-refractivity contribution is -0.385. The van der Waals surface area contributed by atoms with E-state index in [1.54, 1.807) is 0 Å². The number of benzene rings is 2. The Morgan fingerprint density at radius 2 is 1.70 bits per heavy atom. The number of esters is 2. The fourth-order valence-corrected chi connectivity index (χ4v) is 1.98. The molecule has 2 aromatic carbocycles. The van der Waals surface area contributed by atoms with Gasteiger partial charge in [-0.15, -0.1) is 0 Å². The molecule has 7 heteroatoms. The number of carbonyl (C=O) groups excluding carboxylic acids is 2. The number of hydrogen-bond acceptors (Lipinski definition) is 6. The van der Waals surface area contributed by atoms with Crippen molar-refractivity contribution in [2.75, 3.05) is 7.11 Å². The summed E-state index contributed by atoms with van der Waals surface area (Å²) in [5.41, 5.74) is 0.504. The van der Waals surface area contributed by atoms with Gasteiger partial charge >= 0.3 is 11.9 Å². The van der Waals surface area contributed by atoms with Gasteiger partial charge in [-0.2, -0.15) is 0 Å². The third kappa shape index (κ3) is 3.52. The maximum absolute atomic E-state index is 12.1. The van der Waals surface area contributed by atoms with Crippen molar-refractivity contribution >= 4 is 17.6 Å². The molecule has 0 fully saturated rings. The van der Waals surface area contributed by atoms with E-state index in [4.69, 9.17) is 4.74 Å². The topological polar surface area (TPSA) is 95.7 Å². The molecule has 0 N–H and O–H groups in total. The molecule has 7 nitrogen and oxygen atoms in total. The summed E-state index contributed by atoms with van der Waals surface area (Å²) in [6.45, 7) is 1.48. The van der Waals surface area contributed by atoms with Gasteiger partial charge in [0, 0.05) is 11.6 Å². The second-order valence-electron chi connectivity index (χ2n) is 4.61. The smallest absolute Gasteiger partial charge is 0.344 e. The molecule has 0 saturated heterocycles. The van der Waals surface area contributed by atoms with E-state index in [0.717, 1.165) is 0 Å². The molecule has 2 aromatic rings. The van der Waals surface area contributed by atoms with Gasteiger partial charge in [0.15, 0.2) is 0 Å². The maximum Gasteiger partial charge on any atom is 0.344 e. The van der Waals surface area contributed by atoms with Crippen molar-refractivity contribution in [2.24, 2.45) is 0 Å². The number of ether oxygens (including phenoxy) is 2. The molecule has 0 saturated carbocycles. The first-order chi connectivity index (χ1) is 10.9. The molecule has 0 aliphatic heterocycles. The van der Waals surface area contributed by atoms with Gasteiger partial charge in [0.05, 0.1) is 23.2 Å². The third-order valence-electron chi connectivity index (χ3n) is 3.21. The van der Waals surface area contributed by atoms with E-state index in [-0.39, 0.29) is 22.6 Å². The van der Waals surface area contributed by atoms with Crippen molar-refractivity contribution in [1.29, 1.82) is 0 Å². The lowest BCUT2D eigenvalue weighted by Crippen LogP contribution is -2.11. The molecule has 0 aliphatic rings. The number of rotatable bonds is 4. The molecule has 0 spiro atoms. The van der Waals surface area contributed by atoms with Crippen LogP contribution in [0.15, 0.2) is 42.5 Å². The summed E-state index contributed by atoms with van der Waals surface area (Å²) in [6, 6.07) is 9.98. The summed E-state index contributed by atoms with van der Waals surface area (Å²) in [6.07, 6.45) is 0. The number of nitrogens with zero attached hydrogens (tertiary/aromatic N) is 1. The lowest BCUT2D eigenvalue weighted by Gasteiger charge is -2.07. The number of nitro groups is 1. The molecule has 0 amide bonds. The second kappa shape index (κ2) is 6.69. The van der Waals surface area contributed by atoms with Crippen molar-refractivity contribution in [3.05, 3.63) is 69.3 Å². The van der Waals surface area contributed by atoms with Crippen LogP contribution in [0.1, 0.15) is 26.3 Å². The van der Waals surface area contributed by atoms with Crippen LogP contribution in [0, 0.1) is 17.0 Å². The van der Waals surface area contributed by atoms with Gasteiger partial charge in [-0.3, -0.25) is 10.1 Å². The Hall–Kier alpha value is -3.22. The van der Waals surface area contributed by atoms with Gasteiger partial charge in [-0.1, -0.05) is 6.07 Å². The molecule has 0 bridgehead atoms. The van der Waals surface area contributed by atoms with E-state index < -0.39 is 16.9 Å². The highest BCUT2D eigenvalue weighted by molar-refractivity contribution is 5.94. The normalized spacial score (nSPS) is 10.0. The summed E-state index contributed by atoms with van der Waals surface area (Å²) < 4.78 is 9.74. The van der Waals surface area contributed by atoms with E-state index in [1.807, 2.05) is 0 Å². The monoisotopic (exact) mass is 315 g/mol. The summed E-state index contributed by atoms with van der Waals surface area (Å²) in [5.74, 6) is -0.997. The minimum Gasteiger partial charge on any atom is -0.465 e. The highest BCUT2D eigenvalue weighted by Crippen LogP contribution is 2.23. The van der Waals surface area contributed by atoms with Crippen LogP contribution < -0.4 is 4.74 Å². The average molecular weight is 315 g/mol.